The number of benzene rings is 3. The summed E-state index contributed by atoms with van der Waals surface area (Å²) in [5.74, 6) is 1.26. The number of nitrogens with zero attached hydrogens (tertiary/aromatic N) is 5. The minimum atomic E-state index is -0.0920. The zero-order valence-electron chi connectivity index (χ0n) is 19.1. The van der Waals surface area contributed by atoms with E-state index in [0.717, 1.165) is 22.5 Å². The van der Waals surface area contributed by atoms with Gasteiger partial charge in [0.2, 0.25) is 5.78 Å². The van der Waals surface area contributed by atoms with Gasteiger partial charge in [0.25, 0.3) is 5.56 Å². The van der Waals surface area contributed by atoms with Crippen molar-refractivity contribution in [2.45, 2.75) is 19.0 Å². The number of aryl methyl sites for hydroxylation is 1. The van der Waals surface area contributed by atoms with Crippen LogP contribution < -0.4 is 5.56 Å². The molecule has 3 aromatic carbocycles. The number of para-hydroxylation sites is 1. The number of aromatic nitrogens is 4. The van der Waals surface area contributed by atoms with Crippen LogP contribution in [0.25, 0.3) is 16.7 Å². The van der Waals surface area contributed by atoms with Crippen LogP contribution in [0.3, 0.4) is 0 Å². The maximum absolute atomic E-state index is 12.8. The van der Waals surface area contributed by atoms with Crippen molar-refractivity contribution in [2.24, 2.45) is 7.05 Å². The molecule has 0 unspecified atom stereocenters. The molecule has 0 saturated carbocycles. The van der Waals surface area contributed by atoms with Gasteiger partial charge in [-0.3, -0.25) is 18.7 Å². The van der Waals surface area contributed by atoms with Gasteiger partial charge in [0.15, 0.2) is 5.82 Å². The zero-order chi connectivity index (χ0) is 23.5. The Morgan fingerprint density at radius 2 is 1.50 bits per heavy atom. The maximum atomic E-state index is 12.8. The molecule has 0 amide bonds. The Labute approximate surface area is 197 Å². The molecule has 0 aliphatic rings. The Morgan fingerprint density at radius 3 is 2.15 bits per heavy atom. The van der Waals surface area contributed by atoms with Crippen molar-refractivity contribution in [2.75, 3.05) is 13.2 Å². The summed E-state index contributed by atoms with van der Waals surface area (Å²) in [6.07, 6.45) is 0.631. The molecule has 0 radical (unpaired) electrons. The molecule has 0 fully saturated rings. The van der Waals surface area contributed by atoms with Crippen molar-refractivity contribution in [3.05, 3.63) is 112 Å². The molecular weight excluding hydrogens is 426 g/mol. The summed E-state index contributed by atoms with van der Waals surface area (Å²) in [6, 6.07) is 28.3. The van der Waals surface area contributed by atoms with E-state index in [1.165, 1.54) is 0 Å². The van der Waals surface area contributed by atoms with E-state index in [1.807, 2.05) is 65.1 Å². The second-order valence-corrected chi connectivity index (χ2v) is 8.40. The standard InChI is InChI=1S/C27H27N5O2/c1-30-26(34)22-15-8-9-16-23(22)32-24(28-29-27(30)32)19-31(17-10-18-33)25(20-11-4-2-5-12-20)21-13-6-3-7-14-21/h2-9,11-16,25,33H,10,17-19H2,1H3. The van der Waals surface area contributed by atoms with E-state index in [9.17, 15) is 9.90 Å². The van der Waals surface area contributed by atoms with E-state index in [1.54, 1.807) is 11.6 Å². The van der Waals surface area contributed by atoms with Crippen molar-refractivity contribution >= 4 is 16.7 Å². The average molecular weight is 454 g/mol. The van der Waals surface area contributed by atoms with Crippen LogP contribution in [0.1, 0.15) is 29.4 Å². The first-order valence-electron chi connectivity index (χ1n) is 11.5. The fourth-order valence-electron chi connectivity index (χ4n) is 4.63. The first kappa shape index (κ1) is 22.0. The third-order valence-electron chi connectivity index (χ3n) is 6.24. The number of hydrogen-bond acceptors (Lipinski definition) is 5. The third-order valence-corrected chi connectivity index (χ3v) is 6.24. The topological polar surface area (TPSA) is 75.7 Å². The second-order valence-electron chi connectivity index (χ2n) is 8.40. The number of aliphatic hydroxyl groups is 1. The maximum Gasteiger partial charge on any atom is 0.262 e. The molecule has 7 nitrogen and oxygen atoms in total. The highest BCUT2D eigenvalue weighted by molar-refractivity contribution is 5.80. The Morgan fingerprint density at radius 1 is 0.882 bits per heavy atom. The highest BCUT2D eigenvalue weighted by atomic mass is 16.3. The molecule has 0 aliphatic heterocycles. The van der Waals surface area contributed by atoms with Crippen molar-refractivity contribution in [3.63, 3.8) is 0 Å². The monoisotopic (exact) mass is 453 g/mol. The Kier molecular flexibility index (Phi) is 6.20. The van der Waals surface area contributed by atoms with Gasteiger partial charge in [-0.1, -0.05) is 72.8 Å². The van der Waals surface area contributed by atoms with Crippen molar-refractivity contribution < 1.29 is 5.11 Å². The van der Waals surface area contributed by atoms with Gasteiger partial charge in [-0.15, -0.1) is 10.2 Å². The van der Waals surface area contributed by atoms with Gasteiger partial charge in [-0.25, -0.2) is 0 Å². The van der Waals surface area contributed by atoms with Crippen LogP contribution in [0, 0.1) is 0 Å². The molecular formula is C27H27N5O2. The lowest BCUT2D eigenvalue weighted by molar-refractivity contribution is 0.182. The first-order valence-corrected chi connectivity index (χ1v) is 11.5. The molecule has 172 valence electrons. The summed E-state index contributed by atoms with van der Waals surface area (Å²) in [5, 5.41) is 19.2. The SMILES string of the molecule is Cn1c(=O)c2ccccc2n2c(CN(CCCO)C(c3ccccc3)c3ccccc3)nnc12. The van der Waals surface area contributed by atoms with Gasteiger partial charge in [0.05, 0.1) is 23.5 Å². The summed E-state index contributed by atoms with van der Waals surface area (Å²) in [4.78, 5) is 15.2. The second kappa shape index (κ2) is 9.59. The number of hydrogen-bond donors (Lipinski definition) is 1. The molecule has 0 saturated heterocycles. The molecule has 5 aromatic rings. The van der Waals surface area contributed by atoms with Gasteiger partial charge in [-0.05, 0) is 29.7 Å². The summed E-state index contributed by atoms with van der Waals surface area (Å²) in [7, 11) is 1.73. The van der Waals surface area contributed by atoms with Gasteiger partial charge in [-0.2, -0.15) is 0 Å². The van der Waals surface area contributed by atoms with E-state index in [4.69, 9.17) is 0 Å². The Balaban J connectivity index is 1.66. The normalized spacial score (nSPS) is 11.8. The van der Waals surface area contributed by atoms with E-state index in [0.29, 0.717) is 30.7 Å². The van der Waals surface area contributed by atoms with Crippen molar-refractivity contribution in [3.8, 4) is 0 Å². The van der Waals surface area contributed by atoms with Crippen LogP contribution in [0.4, 0.5) is 0 Å². The molecule has 7 heteroatoms. The Hall–Kier alpha value is -3.81. The zero-order valence-corrected chi connectivity index (χ0v) is 19.1. The average Bonchev–Trinajstić information content (AvgIpc) is 3.31. The molecule has 5 rings (SSSR count). The summed E-state index contributed by atoms with van der Waals surface area (Å²) in [5.41, 5.74) is 3.03. The van der Waals surface area contributed by atoms with Crippen LogP contribution in [0.15, 0.2) is 89.7 Å². The highest BCUT2D eigenvalue weighted by Crippen LogP contribution is 2.30. The highest BCUT2D eigenvalue weighted by Gasteiger charge is 2.25. The van der Waals surface area contributed by atoms with Crippen LogP contribution in [-0.4, -0.2) is 42.3 Å². The van der Waals surface area contributed by atoms with Crippen molar-refractivity contribution in [1.82, 2.24) is 24.1 Å². The van der Waals surface area contributed by atoms with Crippen LogP contribution in [-0.2, 0) is 13.6 Å². The first-order chi connectivity index (χ1) is 16.7. The van der Waals surface area contributed by atoms with Gasteiger partial charge in [0, 0.05) is 20.2 Å². The fraction of sp³-hybridized carbons (Fsp3) is 0.222. The Bertz CT molecular complexity index is 1420. The lowest BCUT2D eigenvalue weighted by Gasteiger charge is -2.32. The van der Waals surface area contributed by atoms with E-state index in [2.05, 4.69) is 39.4 Å². The number of aliphatic hydroxyl groups excluding tert-OH is 1. The van der Waals surface area contributed by atoms with E-state index >= 15 is 0 Å². The van der Waals surface area contributed by atoms with Crippen LogP contribution >= 0.6 is 0 Å². The predicted octanol–water partition coefficient (Wildman–Crippen LogP) is 3.56. The smallest absolute Gasteiger partial charge is 0.262 e. The summed E-state index contributed by atoms with van der Waals surface area (Å²) < 4.78 is 3.51. The quantitative estimate of drug-likeness (QED) is 0.389. The molecule has 0 aliphatic carbocycles. The van der Waals surface area contributed by atoms with Crippen molar-refractivity contribution in [1.29, 1.82) is 0 Å². The number of rotatable bonds is 8. The van der Waals surface area contributed by atoms with Crippen LogP contribution in [0.2, 0.25) is 0 Å². The van der Waals surface area contributed by atoms with Crippen LogP contribution in [0.5, 0.6) is 0 Å². The predicted molar refractivity (Wildman–Crippen MR) is 133 cm³/mol. The van der Waals surface area contributed by atoms with Gasteiger partial charge in [0.1, 0.15) is 0 Å². The summed E-state index contributed by atoms with van der Waals surface area (Å²) in [6.45, 7) is 1.27. The van der Waals surface area contributed by atoms with E-state index in [-0.39, 0.29) is 18.2 Å². The third kappa shape index (κ3) is 4.00. The number of fused-ring (bicyclic) bond motifs is 3. The lowest BCUT2D eigenvalue weighted by Crippen LogP contribution is -2.32. The van der Waals surface area contributed by atoms with Gasteiger partial charge < -0.3 is 5.11 Å². The molecule has 2 aromatic heterocycles. The van der Waals surface area contributed by atoms with E-state index < -0.39 is 0 Å². The summed E-state index contributed by atoms with van der Waals surface area (Å²) >= 11 is 0. The molecule has 0 bridgehead atoms. The molecule has 0 spiro atoms. The molecule has 1 N–H and O–H groups in total. The van der Waals surface area contributed by atoms with Gasteiger partial charge >= 0.3 is 0 Å². The minimum absolute atomic E-state index is 0.0277. The molecule has 34 heavy (non-hydrogen) atoms. The minimum Gasteiger partial charge on any atom is -0.396 e. The fourth-order valence-corrected chi connectivity index (χ4v) is 4.63. The molecule has 2 heterocycles. The largest absolute Gasteiger partial charge is 0.396 e. The lowest BCUT2D eigenvalue weighted by atomic mass is 9.96. The molecule has 0 atom stereocenters.